The molecule has 29 heavy (non-hydrogen) atoms. The number of ether oxygens (including phenoxy) is 1. The monoisotopic (exact) mass is 446 g/mol. The number of hydrazone groups is 1. The van der Waals surface area contributed by atoms with E-state index < -0.39 is 0 Å². The maximum atomic E-state index is 12.1. The van der Waals surface area contributed by atoms with Gasteiger partial charge in [0.1, 0.15) is 5.75 Å². The minimum Gasteiger partial charge on any atom is -0.484 e. The van der Waals surface area contributed by atoms with Crippen LogP contribution in [-0.4, -0.2) is 18.7 Å². The van der Waals surface area contributed by atoms with Gasteiger partial charge in [0.05, 0.1) is 6.21 Å². The van der Waals surface area contributed by atoms with Crippen LogP contribution in [0, 0.1) is 6.92 Å². The molecule has 0 saturated carbocycles. The third-order valence-electron chi connectivity index (χ3n) is 4.70. The number of hydrogen-bond donors (Lipinski definition) is 1. The van der Waals surface area contributed by atoms with Gasteiger partial charge < -0.3 is 4.74 Å². The normalized spacial score (nSPS) is 11.2. The lowest BCUT2D eigenvalue weighted by Gasteiger charge is -2.08. The van der Waals surface area contributed by atoms with Gasteiger partial charge in [0.15, 0.2) is 6.61 Å². The van der Waals surface area contributed by atoms with Crippen molar-refractivity contribution in [3.05, 3.63) is 88.4 Å². The summed E-state index contributed by atoms with van der Waals surface area (Å²) in [6, 6.07) is 24.1. The van der Waals surface area contributed by atoms with Crippen LogP contribution in [0.2, 0.25) is 0 Å². The first-order valence-corrected chi connectivity index (χ1v) is 10.0. The van der Waals surface area contributed by atoms with Gasteiger partial charge in [0.25, 0.3) is 5.91 Å². The van der Waals surface area contributed by atoms with Crippen molar-refractivity contribution in [2.45, 2.75) is 6.92 Å². The van der Waals surface area contributed by atoms with Crippen LogP contribution in [0.5, 0.6) is 5.75 Å². The average molecular weight is 447 g/mol. The fourth-order valence-corrected chi connectivity index (χ4v) is 3.49. The van der Waals surface area contributed by atoms with E-state index >= 15 is 0 Å². The largest absolute Gasteiger partial charge is 0.484 e. The molecule has 0 aliphatic heterocycles. The van der Waals surface area contributed by atoms with Crippen LogP contribution in [0.25, 0.3) is 21.5 Å². The van der Waals surface area contributed by atoms with Crippen molar-refractivity contribution in [1.82, 2.24) is 5.43 Å². The Hall–Kier alpha value is -3.18. The van der Waals surface area contributed by atoms with Crippen molar-refractivity contribution in [2.24, 2.45) is 5.10 Å². The maximum absolute atomic E-state index is 12.1. The molecule has 4 rings (SSSR count). The molecule has 0 aromatic heterocycles. The molecule has 5 heteroatoms. The van der Waals surface area contributed by atoms with Crippen molar-refractivity contribution >= 4 is 49.6 Å². The number of nitrogens with one attached hydrogen (secondary N) is 1. The van der Waals surface area contributed by atoms with Crippen molar-refractivity contribution in [1.29, 1.82) is 0 Å². The molecule has 0 spiro atoms. The summed E-state index contributed by atoms with van der Waals surface area (Å²) in [6.45, 7) is 1.87. The third-order valence-corrected chi connectivity index (χ3v) is 5.58. The SMILES string of the molecule is Cc1cc(OCC(=O)NN=Cc2c3ccccc3cc3ccccc23)ccc1Br. The van der Waals surface area contributed by atoms with Crippen LogP contribution in [0.3, 0.4) is 0 Å². The second-order valence-electron chi connectivity index (χ2n) is 6.73. The topological polar surface area (TPSA) is 50.7 Å². The van der Waals surface area contributed by atoms with Gasteiger partial charge in [0.2, 0.25) is 0 Å². The number of fused-ring (bicyclic) bond motifs is 2. The molecule has 0 bridgehead atoms. The van der Waals surface area contributed by atoms with Gasteiger partial charge >= 0.3 is 0 Å². The van der Waals surface area contributed by atoms with Gasteiger partial charge in [-0.15, -0.1) is 0 Å². The second kappa shape index (κ2) is 8.45. The van der Waals surface area contributed by atoms with E-state index in [0.717, 1.165) is 37.1 Å². The van der Waals surface area contributed by atoms with E-state index in [-0.39, 0.29) is 12.5 Å². The van der Waals surface area contributed by atoms with Crippen LogP contribution < -0.4 is 10.2 Å². The summed E-state index contributed by atoms with van der Waals surface area (Å²) in [7, 11) is 0. The first kappa shape index (κ1) is 19.2. The van der Waals surface area contributed by atoms with Gasteiger partial charge in [-0.3, -0.25) is 4.79 Å². The van der Waals surface area contributed by atoms with Crippen LogP contribution in [-0.2, 0) is 4.79 Å². The number of benzene rings is 4. The van der Waals surface area contributed by atoms with E-state index in [4.69, 9.17) is 4.74 Å². The average Bonchev–Trinajstić information content (AvgIpc) is 2.74. The summed E-state index contributed by atoms with van der Waals surface area (Å²) >= 11 is 3.45. The minimum absolute atomic E-state index is 0.102. The van der Waals surface area contributed by atoms with Gasteiger partial charge in [-0.25, -0.2) is 5.43 Å². The van der Waals surface area contributed by atoms with Crippen molar-refractivity contribution in [3.63, 3.8) is 0 Å². The Balaban J connectivity index is 1.50. The molecule has 0 aliphatic carbocycles. The number of hydrogen-bond acceptors (Lipinski definition) is 3. The summed E-state index contributed by atoms with van der Waals surface area (Å²) in [5.41, 5.74) is 4.57. The number of carbonyl (C=O) groups excluding carboxylic acids is 1. The molecule has 0 radical (unpaired) electrons. The van der Waals surface area contributed by atoms with Gasteiger partial charge in [0, 0.05) is 10.0 Å². The molecule has 4 aromatic carbocycles. The van der Waals surface area contributed by atoms with Gasteiger partial charge in [-0.1, -0.05) is 64.5 Å². The van der Waals surface area contributed by atoms with Crippen molar-refractivity contribution in [2.75, 3.05) is 6.61 Å². The highest BCUT2D eigenvalue weighted by Gasteiger charge is 2.06. The number of rotatable bonds is 5. The molecule has 4 nitrogen and oxygen atoms in total. The number of amides is 1. The smallest absolute Gasteiger partial charge is 0.277 e. The molecule has 1 amide bonds. The summed E-state index contributed by atoms with van der Waals surface area (Å²) < 4.78 is 6.54. The fraction of sp³-hybridized carbons (Fsp3) is 0.0833. The highest BCUT2D eigenvalue weighted by molar-refractivity contribution is 9.10. The molecule has 0 atom stereocenters. The lowest BCUT2D eigenvalue weighted by Crippen LogP contribution is -2.24. The molecule has 144 valence electrons. The predicted octanol–water partition coefficient (Wildman–Crippen LogP) is 5.59. The first-order chi connectivity index (χ1) is 14.1. The molecule has 0 unspecified atom stereocenters. The molecule has 0 fully saturated rings. The summed E-state index contributed by atoms with van der Waals surface area (Å²) in [6.07, 6.45) is 1.70. The van der Waals surface area contributed by atoms with E-state index in [1.54, 1.807) is 6.21 Å². The van der Waals surface area contributed by atoms with E-state index in [1.807, 2.05) is 49.4 Å². The lowest BCUT2D eigenvalue weighted by molar-refractivity contribution is -0.123. The Kier molecular flexibility index (Phi) is 5.58. The molecule has 0 heterocycles. The fourth-order valence-electron chi connectivity index (χ4n) is 3.24. The summed E-state index contributed by atoms with van der Waals surface area (Å²) in [5.74, 6) is 0.330. The minimum atomic E-state index is -0.314. The van der Waals surface area contributed by atoms with Crippen molar-refractivity contribution < 1.29 is 9.53 Å². The first-order valence-electron chi connectivity index (χ1n) is 9.23. The van der Waals surface area contributed by atoms with Crippen LogP contribution in [0.15, 0.2) is 82.4 Å². The predicted molar refractivity (Wildman–Crippen MR) is 122 cm³/mol. The molecular weight excluding hydrogens is 428 g/mol. The lowest BCUT2D eigenvalue weighted by atomic mass is 9.97. The van der Waals surface area contributed by atoms with Crippen LogP contribution >= 0.6 is 15.9 Å². The quantitative estimate of drug-likeness (QED) is 0.246. The summed E-state index contributed by atoms with van der Waals surface area (Å²) in [5, 5.41) is 8.62. The zero-order valence-electron chi connectivity index (χ0n) is 15.9. The van der Waals surface area contributed by atoms with E-state index in [9.17, 15) is 4.79 Å². The second-order valence-corrected chi connectivity index (χ2v) is 7.58. The number of halogens is 1. The number of carbonyl (C=O) groups is 1. The molecule has 1 N–H and O–H groups in total. The Bertz CT molecular complexity index is 1180. The van der Waals surface area contributed by atoms with Crippen molar-refractivity contribution in [3.8, 4) is 5.75 Å². The third kappa shape index (κ3) is 4.30. The van der Waals surface area contributed by atoms with Crippen LogP contribution in [0.4, 0.5) is 0 Å². The highest BCUT2D eigenvalue weighted by Crippen LogP contribution is 2.27. The van der Waals surface area contributed by atoms with Crippen LogP contribution in [0.1, 0.15) is 11.1 Å². The molecule has 0 aliphatic rings. The standard InChI is InChI=1S/C24H19BrN2O2/c1-16-12-19(10-11-23(16)25)29-15-24(28)27-26-14-22-20-8-4-2-6-17(20)13-18-7-3-5-9-21(18)22/h2-14H,15H2,1H3,(H,27,28). The Morgan fingerprint density at radius 2 is 1.66 bits per heavy atom. The molecule has 4 aromatic rings. The van der Waals surface area contributed by atoms with Gasteiger partial charge in [-0.05, 0) is 58.3 Å². The number of nitrogens with zero attached hydrogens (tertiary/aromatic N) is 1. The highest BCUT2D eigenvalue weighted by atomic mass is 79.9. The Labute approximate surface area is 177 Å². The van der Waals surface area contributed by atoms with E-state index in [0.29, 0.717) is 5.75 Å². The van der Waals surface area contributed by atoms with E-state index in [2.05, 4.69) is 56.8 Å². The molecule has 0 saturated heterocycles. The van der Waals surface area contributed by atoms with Gasteiger partial charge in [-0.2, -0.15) is 5.10 Å². The molecular formula is C24H19BrN2O2. The zero-order valence-corrected chi connectivity index (χ0v) is 17.4. The maximum Gasteiger partial charge on any atom is 0.277 e. The Morgan fingerprint density at radius 1 is 1.00 bits per heavy atom. The number of aryl methyl sites for hydroxylation is 1. The Morgan fingerprint density at radius 3 is 2.31 bits per heavy atom. The van der Waals surface area contributed by atoms with E-state index in [1.165, 1.54) is 0 Å². The summed E-state index contributed by atoms with van der Waals surface area (Å²) in [4.78, 5) is 12.1. The zero-order chi connectivity index (χ0) is 20.2.